The second-order valence-corrected chi connectivity index (χ2v) is 5.85. The Balaban J connectivity index is 1.70. The quantitative estimate of drug-likeness (QED) is 0.905. The number of anilines is 1. The first-order chi connectivity index (χ1) is 10.1. The zero-order chi connectivity index (χ0) is 14.9. The van der Waals surface area contributed by atoms with Gasteiger partial charge in [-0.3, -0.25) is 0 Å². The number of hydrogen-bond acceptors (Lipinski definition) is 2. The minimum absolute atomic E-state index is 0.105. The van der Waals surface area contributed by atoms with Gasteiger partial charge in [-0.2, -0.15) is 5.26 Å². The Bertz CT molecular complexity index is 688. The highest BCUT2D eigenvalue weighted by molar-refractivity contribution is 6.31. The summed E-state index contributed by atoms with van der Waals surface area (Å²) < 4.78 is 13.1. The molecule has 0 aliphatic heterocycles. The molecule has 106 valence electrons. The van der Waals surface area contributed by atoms with Gasteiger partial charge in [0.2, 0.25) is 0 Å². The van der Waals surface area contributed by atoms with Crippen molar-refractivity contribution in [1.29, 1.82) is 5.26 Å². The number of nitrogens with zero attached hydrogens (tertiary/aromatic N) is 1. The molecule has 0 saturated heterocycles. The summed E-state index contributed by atoms with van der Waals surface area (Å²) >= 11 is 5.77. The number of halogens is 2. The van der Waals surface area contributed by atoms with E-state index in [0.29, 0.717) is 0 Å². The highest BCUT2D eigenvalue weighted by atomic mass is 35.5. The van der Waals surface area contributed by atoms with E-state index in [-0.39, 0.29) is 11.1 Å². The average Bonchev–Trinajstić information content (AvgIpc) is 2.47. The summed E-state index contributed by atoms with van der Waals surface area (Å²) in [5.74, 6) is -0.425. The Morgan fingerprint density at radius 2 is 1.90 bits per heavy atom. The van der Waals surface area contributed by atoms with E-state index in [1.807, 2.05) is 30.3 Å². The largest absolute Gasteiger partial charge is 0.382 e. The smallest absolute Gasteiger partial charge is 0.141 e. The van der Waals surface area contributed by atoms with Gasteiger partial charge in [0.25, 0.3) is 0 Å². The van der Waals surface area contributed by atoms with Crippen LogP contribution in [0.3, 0.4) is 0 Å². The molecule has 3 rings (SSSR count). The maximum Gasteiger partial charge on any atom is 0.141 e. The number of hydrogen-bond donors (Lipinski definition) is 1. The van der Waals surface area contributed by atoms with E-state index in [2.05, 4.69) is 11.4 Å². The van der Waals surface area contributed by atoms with Gasteiger partial charge >= 0.3 is 0 Å². The summed E-state index contributed by atoms with van der Waals surface area (Å²) in [6, 6.07) is 17.1. The van der Waals surface area contributed by atoms with Crippen LogP contribution in [0.25, 0.3) is 0 Å². The lowest BCUT2D eigenvalue weighted by Crippen LogP contribution is -2.47. The molecule has 0 heterocycles. The molecule has 1 N–H and O–H groups in total. The standard InChI is InChI=1S/C17H14ClFN2/c18-15-8-13(6-7-16(15)19)21-14-9-17(10-14,11-20)12-4-2-1-3-5-12/h1-8,14,21H,9-10H2. The van der Waals surface area contributed by atoms with Crippen molar-refractivity contribution in [3.8, 4) is 6.07 Å². The van der Waals surface area contributed by atoms with Gasteiger partial charge in [-0.05, 0) is 36.6 Å². The Morgan fingerprint density at radius 1 is 1.19 bits per heavy atom. The molecule has 21 heavy (non-hydrogen) atoms. The van der Waals surface area contributed by atoms with Crippen LogP contribution in [0, 0.1) is 17.1 Å². The lowest BCUT2D eigenvalue weighted by Gasteiger charge is -2.43. The van der Waals surface area contributed by atoms with Crippen LogP contribution in [0.2, 0.25) is 5.02 Å². The van der Waals surface area contributed by atoms with Crippen LogP contribution in [0.5, 0.6) is 0 Å². The summed E-state index contributed by atoms with van der Waals surface area (Å²) in [7, 11) is 0. The first-order valence-corrected chi connectivity index (χ1v) is 7.19. The van der Waals surface area contributed by atoms with Gasteiger partial charge in [-0.1, -0.05) is 41.9 Å². The lowest BCUT2D eigenvalue weighted by molar-refractivity contribution is 0.289. The van der Waals surface area contributed by atoms with Crippen LogP contribution in [-0.2, 0) is 5.41 Å². The highest BCUT2D eigenvalue weighted by Gasteiger charge is 2.46. The second-order valence-electron chi connectivity index (χ2n) is 5.44. The van der Waals surface area contributed by atoms with Crippen molar-refractivity contribution >= 4 is 17.3 Å². The predicted octanol–water partition coefficient (Wildman–Crippen LogP) is 4.51. The highest BCUT2D eigenvalue weighted by Crippen LogP contribution is 2.44. The van der Waals surface area contributed by atoms with Crippen LogP contribution in [0.1, 0.15) is 18.4 Å². The summed E-state index contributed by atoms with van der Waals surface area (Å²) in [5.41, 5.74) is 1.43. The molecule has 1 aliphatic rings. The Kier molecular flexibility index (Phi) is 3.57. The van der Waals surface area contributed by atoms with E-state index in [4.69, 9.17) is 11.6 Å². The minimum Gasteiger partial charge on any atom is -0.382 e. The van der Waals surface area contributed by atoms with Gasteiger partial charge in [0.15, 0.2) is 0 Å². The average molecular weight is 301 g/mol. The Labute approximate surface area is 128 Å². The van der Waals surface area contributed by atoms with E-state index in [1.165, 1.54) is 6.07 Å². The van der Waals surface area contributed by atoms with Crippen molar-refractivity contribution in [2.24, 2.45) is 0 Å². The fraction of sp³-hybridized carbons (Fsp3) is 0.235. The summed E-state index contributed by atoms with van der Waals surface area (Å²) in [6.07, 6.45) is 1.48. The third-order valence-electron chi connectivity index (χ3n) is 4.02. The van der Waals surface area contributed by atoms with Crippen molar-refractivity contribution in [3.05, 3.63) is 64.9 Å². The number of rotatable bonds is 3. The number of nitrogens with one attached hydrogen (secondary N) is 1. The van der Waals surface area contributed by atoms with Gasteiger partial charge in [0, 0.05) is 11.7 Å². The normalized spacial score (nSPS) is 24.0. The lowest BCUT2D eigenvalue weighted by atomic mass is 9.62. The molecule has 0 aromatic heterocycles. The third-order valence-corrected chi connectivity index (χ3v) is 4.31. The SMILES string of the molecule is N#CC1(c2ccccc2)CC(Nc2ccc(F)c(Cl)c2)C1. The van der Waals surface area contributed by atoms with Crippen LogP contribution in [0.15, 0.2) is 48.5 Å². The van der Waals surface area contributed by atoms with Crippen molar-refractivity contribution in [1.82, 2.24) is 0 Å². The van der Waals surface area contributed by atoms with Gasteiger partial charge in [-0.15, -0.1) is 0 Å². The van der Waals surface area contributed by atoms with E-state index in [9.17, 15) is 9.65 Å². The van der Waals surface area contributed by atoms with Gasteiger partial charge in [0.05, 0.1) is 16.5 Å². The molecule has 2 nitrogen and oxygen atoms in total. The van der Waals surface area contributed by atoms with E-state index in [1.54, 1.807) is 12.1 Å². The molecule has 4 heteroatoms. The van der Waals surface area contributed by atoms with Crippen LogP contribution >= 0.6 is 11.6 Å². The summed E-state index contributed by atoms with van der Waals surface area (Å²) in [5, 5.41) is 12.9. The maximum absolute atomic E-state index is 13.1. The topological polar surface area (TPSA) is 35.8 Å². The minimum atomic E-state index is -0.425. The molecular formula is C17H14ClFN2. The molecule has 1 fully saturated rings. The molecule has 0 unspecified atom stereocenters. The molecule has 2 aromatic rings. The fourth-order valence-electron chi connectivity index (χ4n) is 2.85. The molecule has 1 saturated carbocycles. The third kappa shape index (κ3) is 2.59. The van der Waals surface area contributed by atoms with Crippen LogP contribution in [-0.4, -0.2) is 6.04 Å². The van der Waals surface area contributed by atoms with Gasteiger partial charge in [0.1, 0.15) is 5.82 Å². The first kappa shape index (κ1) is 13.9. The van der Waals surface area contributed by atoms with E-state index >= 15 is 0 Å². The van der Waals surface area contributed by atoms with Crippen molar-refractivity contribution in [2.75, 3.05) is 5.32 Å². The maximum atomic E-state index is 13.1. The Morgan fingerprint density at radius 3 is 2.52 bits per heavy atom. The molecule has 1 aliphatic carbocycles. The summed E-state index contributed by atoms with van der Waals surface area (Å²) in [6.45, 7) is 0. The summed E-state index contributed by atoms with van der Waals surface area (Å²) in [4.78, 5) is 0. The molecule has 0 atom stereocenters. The molecule has 0 bridgehead atoms. The molecule has 0 spiro atoms. The van der Waals surface area contributed by atoms with Crippen molar-refractivity contribution in [2.45, 2.75) is 24.3 Å². The first-order valence-electron chi connectivity index (χ1n) is 6.81. The van der Waals surface area contributed by atoms with Crippen LogP contribution < -0.4 is 5.32 Å². The number of nitriles is 1. The Hall–Kier alpha value is -2.05. The van der Waals surface area contributed by atoms with Gasteiger partial charge < -0.3 is 5.32 Å². The van der Waals surface area contributed by atoms with Crippen molar-refractivity contribution in [3.63, 3.8) is 0 Å². The molecule has 0 amide bonds. The fourth-order valence-corrected chi connectivity index (χ4v) is 3.03. The zero-order valence-corrected chi connectivity index (χ0v) is 12.1. The molecule has 2 aromatic carbocycles. The predicted molar refractivity (Wildman–Crippen MR) is 81.8 cm³/mol. The van der Waals surface area contributed by atoms with E-state index < -0.39 is 11.2 Å². The second kappa shape index (κ2) is 5.38. The zero-order valence-electron chi connectivity index (χ0n) is 11.3. The van der Waals surface area contributed by atoms with Gasteiger partial charge in [-0.25, -0.2) is 4.39 Å². The molecular weight excluding hydrogens is 287 g/mol. The monoisotopic (exact) mass is 300 g/mol. The van der Waals surface area contributed by atoms with E-state index in [0.717, 1.165) is 24.1 Å². The van der Waals surface area contributed by atoms with Crippen molar-refractivity contribution < 1.29 is 4.39 Å². The van der Waals surface area contributed by atoms with Crippen LogP contribution in [0.4, 0.5) is 10.1 Å². The molecule has 0 radical (unpaired) electrons. The number of benzene rings is 2.